The first-order valence-corrected chi connectivity index (χ1v) is 11.1. The van der Waals surface area contributed by atoms with E-state index in [1.54, 1.807) is 12.1 Å². The molecule has 0 bridgehead atoms. The van der Waals surface area contributed by atoms with Gasteiger partial charge in [0.15, 0.2) is 0 Å². The molecule has 32 heavy (non-hydrogen) atoms. The molecule has 6 heteroatoms. The Bertz CT molecular complexity index is 1030. The lowest BCUT2D eigenvalue weighted by Crippen LogP contribution is -2.38. The summed E-state index contributed by atoms with van der Waals surface area (Å²) >= 11 is 5.98. The number of oxime groups is 1. The Hall–Kier alpha value is -2.73. The van der Waals surface area contributed by atoms with Crippen LogP contribution in [0.2, 0.25) is 5.02 Å². The van der Waals surface area contributed by atoms with E-state index in [0.717, 1.165) is 22.4 Å². The molecular formula is C26H26ClFN2O2. The number of hydrogen-bond acceptors (Lipinski definition) is 4. The summed E-state index contributed by atoms with van der Waals surface area (Å²) in [6.07, 6.45) is 0.593. The van der Waals surface area contributed by atoms with Crippen LogP contribution in [0.3, 0.4) is 0 Å². The maximum Gasteiger partial charge on any atom is 0.145 e. The van der Waals surface area contributed by atoms with Gasteiger partial charge in [0.05, 0.1) is 11.8 Å². The van der Waals surface area contributed by atoms with Crippen LogP contribution in [0, 0.1) is 5.82 Å². The third-order valence-corrected chi connectivity index (χ3v) is 5.73. The van der Waals surface area contributed by atoms with Crippen molar-refractivity contribution in [3.05, 3.63) is 106 Å². The van der Waals surface area contributed by atoms with E-state index in [1.807, 2.05) is 54.6 Å². The molecule has 0 spiro atoms. The van der Waals surface area contributed by atoms with Crippen molar-refractivity contribution >= 4 is 17.3 Å². The fourth-order valence-corrected chi connectivity index (χ4v) is 4.05. The highest BCUT2D eigenvalue weighted by molar-refractivity contribution is 6.30. The molecule has 0 fully saturated rings. The maximum absolute atomic E-state index is 13.3. The summed E-state index contributed by atoms with van der Waals surface area (Å²) in [5.41, 5.74) is 3.95. The molecule has 4 nitrogen and oxygen atoms in total. The molecule has 1 aliphatic rings. The summed E-state index contributed by atoms with van der Waals surface area (Å²) in [6, 6.07) is 24.0. The van der Waals surface area contributed by atoms with Crippen LogP contribution in [0.25, 0.3) is 0 Å². The van der Waals surface area contributed by atoms with Gasteiger partial charge in [-0.2, -0.15) is 0 Å². The van der Waals surface area contributed by atoms with Crippen LogP contribution in [0.4, 0.5) is 4.39 Å². The van der Waals surface area contributed by atoms with Crippen LogP contribution >= 0.6 is 11.6 Å². The predicted molar refractivity (Wildman–Crippen MR) is 125 cm³/mol. The molecule has 3 aromatic carbocycles. The summed E-state index contributed by atoms with van der Waals surface area (Å²) in [5, 5.41) is 15.7. The van der Waals surface area contributed by atoms with Gasteiger partial charge in [-0.3, -0.25) is 4.90 Å². The third kappa shape index (κ3) is 6.39. The van der Waals surface area contributed by atoms with Crippen LogP contribution in [0.5, 0.6) is 0 Å². The molecule has 166 valence electrons. The zero-order chi connectivity index (χ0) is 22.3. The maximum atomic E-state index is 13.3. The number of nitrogens with zero attached hydrogens (tertiary/aromatic N) is 2. The minimum atomic E-state index is -0.532. The first kappa shape index (κ1) is 22.5. The van der Waals surface area contributed by atoms with Gasteiger partial charge in [-0.25, -0.2) is 4.39 Å². The Morgan fingerprint density at radius 2 is 1.72 bits per heavy atom. The van der Waals surface area contributed by atoms with Gasteiger partial charge in [-0.1, -0.05) is 71.4 Å². The Morgan fingerprint density at radius 3 is 2.44 bits per heavy atom. The Labute approximate surface area is 192 Å². The molecule has 0 aromatic heterocycles. The monoisotopic (exact) mass is 452 g/mol. The fourth-order valence-electron chi connectivity index (χ4n) is 3.93. The lowest BCUT2D eigenvalue weighted by Gasteiger charge is -2.27. The van der Waals surface area contributed by atoms with Gasteiger partial charge in [0.2, 0.25) is 0 Å². The third-order valence-electron chi connectivity index (χ3n) is 5.47. The summed E-state index contributed by atoms with van der Waals surface area (Å²) in [4.78, 5) is 7.85. The van der Waals surface area contributed by atoms with Crippen molar-refractivity contribution in [1.29, 1.82) is 0 Å². The normalized spacial score (nSPS) is 16.6. The number of rotatable bonds is 9. The topological polar surface area (TPSA) is 45.1 Å². The molecule has 0 amide bonds. The van der Waals surface area contributed by atoms with E-state index in [9.17, 15) is 9.50 Å². The van der Waals surface area contributed by atoms with E-state index in [1.165, 1.54) is 12.1 Å². The molecule has 2 atom stereocenters. The highest BCUT2D eigenvalue weighted by atomic mass is 35.5. The van der Waals surface area contributed by atoms with Gasteiger partial charge in [0.1, 0.15) is 11.9 Å². The molecular weight excluding hydrogens is 427 g/mol. The molecule has 4 rings (SSSR count). The van der Waals surface area contributed by atoms with E-state index in [2.05, 4.69) is 10.1 Å². The van der Waals surface area contributed by atoms with Gasteiger partial charge in [0.25, 0.3) is 0 Å². The van der Waals surface area contributed by atoms with Crippen molar-refractivity contribution in [3.8, 4) is 0 Å². The first-order valence-electron chi connectivity index (χ1n) is 10.7. The first-order chi connectivity index (χ1) is 15.5. The summed E-state index contributed by atoms with van der Waals surface area (Å²) in [5.74, 6) is -0.260. The summed E-state index contributed by atoms with van der Waals surface area (Å²) < 4.78 is 13.3. The number of benzene rings is 3. The fraction of sp³-hybridized carbons (Fsp3) is 0.269. The van der Waals surface area contributed by atoms with Gasteiger partial charge in [-0.15, -0.1) is 0 Å². The molecule has 0 saturated carbocycles. The van der Waals surface area contributed by atoms with E-state index in [0.29, 0.717) is 37.5 Å². The molecule has 0 saturated heterocycles. The summed E-state index contributed by atoms with van der Waals surface area (Å²) in [7, 11) is 0. The minimum absolute atomic E-state index is 0.120. The minimum Gasteiger partial charge on any atom is -0.391 e. The zero-order valence-electron chi connectivity index (χ0n) is 17.7. The average Bonchev–Trinajstić information content (AvgIpc) is 3.25. The van der Waals surface area contributed by atoms with Gasteiger partial charge in [-0.05, 0) is 47.4 Å². The lowest BCUT2D eigenvalue weighted by atomic mass is 10.0. The molecule has 1 heterocycles. The van der Waals surface area contributed by atoms with Crippen molar-refractivity contribution in [1.82, 2.24) is 4.90 Å². The van der Waals surface area contributed by atoms with Crippen molar-refractivity contribution in [2.24, 2.45) is 5.16 Å². The zero-order valence-corrected chi connectivity index (χ0v) is 18.5. The molecule has 3 aromatic rings. The van der Waals surface area contributed by atoms with Crippen LogP contribution in [-0.2, 0) is 17.8 Å². The Morgan fingerprint density at radius 1 is 1.00 bits per heavy atom. The second kappa shape index (κ2) is 10.7. The SMILES string of the molecule is O[C@@H](Cc1ccccc1)CN(Cc1ccc(F)cc1)C[C@@H]1CC(c2ccc(Cl)cc2)=NO1. The highest BCUT2D eigenvalue weighted by Gasteiger charge is 2.26. The van der Waals surface area contributed by atoms with Crippen LogP contribution in [-0.4, -0.2) is 41.0 Å². The predicted octanol–water partition coefficient (Wildman–Crippen LogP) is 5.08. The van der Waals surface area contributed by atoms with Crippen molar-refractivity contribution in [3.63, 3.8) is 0 Å². The van der Waals surface area contributed by atoms with Crippen LogP contribution in [0.15, 0.2) is 84.0 Å². The van der Waals surface area contributed by atoms with Crippen LogP contribution in [0.1, 0.15) is 23.1 Å². The molecule has 0 unspecified atom stereocenters. The number of aliphatic hydroxyl groups is 1. The van der Waals surface area contributed by atoms with Gasteiger partial charge < -0.3 is 9.94 Å². The lowest BCUT2D eigenvalue weighted by molar-refractivity contribution is 0.0322. The molecule has 0 aliphatic carbocycles. The van der Waals surface area contributed by atoms with Gasteiger partial charge >= 0.3 is 0 Å². The quantitative estimate of drug-likeness (QED) is 0.492. The van der Waals surface area contributed by atoms with Gasteiger partial charge in [0, 0.05) is 31.1 Å². The Kier molecular flexibility index (Phi) is 7.53. The van der Waals surface area contributed by atoms with E-state index in [4.69, 9.17) is 16.4 Å². The highest BCUT2D eigenvalue weighted by Crippen LogP contribution is 2.20. The second-order valence-electron chi connectivity index (χ2n) is 8.14. The standard InChI is InChI=1S/C26H26ClFN2O2/c27-22-10-8-21(9-11-22)26-15-25(32-29-26)18-30(16-20-6-12-23(28)13-7-20)17-24(31)14-19-4-2-1-3-5-19/h1-13,24-25,31H,14-18H2/t24-,25-/m0/s1. The van der Waals surface area contributed by atoms with Crippen molar-refractivity contribution in [2.75, 3.05) is 13.1 Å². The number of halogens is 2. The molecule has 0 radical (unpaired) electrons. The smallest absolute Gasteiger partial charge is 0.145 e. The van der Waals surface area contributed by atoms with E-state index >= 15 is 0 Å². The number of hydrogen-bond donors (Lipinski definition) is 1. The molecule has 1 N–H and O–H groups in total. The van der Waals surface area contributed by atoms with E-state index in [-0.39, 0.29) is 11.9 Å². The molecule has 1 aliphatic heterocycles. The number of aliphatic hydroxyl groups excluding tert-OH is 1. The van der Waals surface area contributed by atoms with Crippen LogP contribution < -0.4 is 0 Å². The van der Waals surface area contributed by atoms with E-state index < -0.39 is 6.10 Å². The Balaban J connectivity index is 1.40. The summed E-state index contributed by atoms with van der Waals surface area (Å²) in [6.45, 7) is 1.66. The largest absolute Gasteiger partial charge is 0.391 e. The second-order valence-corrected chi connectivity index (χ2v) is 8.58. The van der Waals surface area contributed by atoms with Crippen molar-refractivity contribution in [2.45, 2.75) is 31.6 Å². The average molecular weight is 453 g/mol. The van der Waals surface area contributed by atoms with Crippen molar-refractivity contribution < 1.29 is 14.3 Å².